The third-order valence-corrected chi connectivity index (χ3v) is 4.49. The van der Waals surface area contributed by atoms with Crippen molar-refractivity contribution in [1.82, 2.24) is 4.90 Å². The summed E-state index contributed by atoms with van der Waals surface area (Å²) >= 11 is 3.61. The molecule has 3 rings (SSSR count). The van der Waals surface area contributed by atoms with E-state index in [0.717, 1.165) is 42.9 Å². The van der Waals surface area contributed by atoms with Gasteiger partial charge in [0.2, 0.25) is 0 Å². The normalized spacial score (nSPS) is 24.7. The maximum Gasteiger partial charge on any atom is 0.127 e. The van der Waals surface area contributed by atoms with Crippen LogP contribution in [0.15, 0.2) is 16.6 Å². The Labute approximate surface area is 134 Å². The molecule has 0 radical (unpaired) electrons. The molecule has 1 aromatic carbocycles. The fraction of sp³-hybridized carbons (Fsp3) is 0.625. The van der Waals surface area contributed by atoms with Gasteiger partial charge >= 0.3 is 0 Å². The number of hydrogen-bond donors (Lipinski definition) is 1. The van der Waals surface area contributed by atoms with Gasteiger partial charge in [0.05, 0.1) is 18.3 Å². The summed E-state index contributed by atoms with van der Waals surface area (Å²) in [5.74, 6) is 1.08. The number of nitrogens with zero attached hydrogens (tertiary/aromatic N) is 1. The van der Waals surface area contributed by atoms with Crippen molar-refractivity contribution in [2.24, 2.45) is 5.73 Å². The second-order valence-electron chi connectivity index (χ2n) is 6.56. The second kappa shape index (κ2) is 5.88. The number of morpholine rings is 1. The van der Waals surface area contributed by atoms with Gasteiger partial charge in [-0.1, -0.05) is 15.9 Å². The molecular weight excluding hydrogens is 332 g/mol. The average Bonchev–Trinajstić information content (AvgIpc) is 2.84. The van der Waals surface area contributed by atoms with Crippen LogP contribution in [0.1, 0.15) is 25.0 Å². The molecule has 116 valence electrons. The zero-order chi connectivity index (χ0) is 15.0. The molecule has 1 aromatic rings. The summed E-state index contributed by atoms with van der Waals surface area (Å²) in [6.45, 7) is 8.27. The lowest BCUT2D eigenvalue weighted by Crippen LogP contribution is -2.54. The molecule has 2 N–H and O–H groups in total. The third-order valence-electron chi connectivity index (χ3n) is 4.03. The topological polar surface area (TPSA) is 47.7 Å². The first-order chi connectivity index (χ1) is 9.97. The Morgan fingerprint density at radius 3 is 3.00 bits per heavy atom. The maximum atomic E-state index is 6.00. The molecule has 0 aliphatic carbocycles. The number of ether oxygens (including phenoxy) is 2. The van der Waals surface area contributed by atoms with Gasteiger partial charge in [-0.2, -0.15) is 0 Å². The first-order valence-corrected chi connectivity index (χ1v) is 8.30. The van der Waals surface area contributed by atoms with E-state index in [9.17, 15) is 0 Å². The van der Waals surface area contributed by atoms with Gasteiger partial charge in [-0.3, -0.25) is 4.90 Å². The van der Waals surface area contributed by atoms with Gasteiger partial charge < -0.3 is 15.2 Å². The van der Waals surface area contributed by atoms with Crippen LogP contribution in [0.2, 0.25) is 0 Å². The van der Waals surface area contributed by atoms with Crippen molar-refractivity contribution in [1.29, 1.82) is 0 Å². The number of benzene rings is 1. The van der Waals surface area contributed by atoms with Gasteiger partial charge in [-0.25, -0.2) is 0 Å². The summed E-state index contributed by atoms with van der Waals surface area (Å²) < 4.78 is 13.0. The van der Waals surface area contributed by atoms with Gasteiger partial charge in [0.1, 0.15) is 5.75 Å². The highest BCUT2D eigenvalue weighted by atomic mass is 79.9. The van der Waals surface area contributed by atoms with Crippen molar-refractivity contribution >= 4 is 15.9 Å². The Kier molecular flexibility index (Phi) is 4.28. The van der Waals surface area contributed by atoms with Gasteiger partial charge in [-0.15, -0.1) is 0 Å². The van der Waals surface area contributed by atoms with E-state index in [1.54, 1.807) is 0 Å². The molecule has 1 unspecified atom stereocenters. The molecule has 4 nitrogen and oxygen atoms in total. The van der Waals surface area contributed by atoms with Gasteiger partial charge in [0.25, 0.3) is 0 Å². The van der Waals surface area contributed by atoms with Crippen molar-refractivity contribution < 1.29 is 9.47 Å². The van der Waals surface area contributed by atoms with Crippen LogP contribution >= 0.6 is 15.9 Å². The molecular formula is C16H23BrN2O2. The fourth-order valence-electron chi connectivity index (χ4n) is 3.36. The lowest BCUT2D eigenvalue weighted by Gasteiger charge is -2.42. The van der Waals surface area contributed by atoms with Crippen LogP contribution in [-0.4, -0.2) is 42.8 Å². The maximum absolute atomic E-state index is 6.00. The highest BCUT2D eigenvalue weighted by molar-refractivity contribution is 9.10. The van der Waals surface area contributed by atoms with E-state index in [0.29, 0.717) is 6.54 Å². The Morgan fingerprint density at radius 1 is 1.43 bits per heavy atom. The Morgan fingerprint density at radius 2 is 2.24 bits per heavy atom. The molecule has 1 atom stereocenters. The van der Waals surface area contributed by atoms with Crippen molar-refractivity contribution in [2.75, 3.05) is 26.2 Å². The Bertz CT molecular complexity index is 533. The monoisotopic (exact) mass is 354 g/mol. The first-order valence-electron chi connectivity index (χ1n) is 7.51. The lowest BCUT2D eigenvalue weighted by atomic mass is 10.0. The van der Waals surface area contributed by atoms with Crippen molar-refractivity contribution in [2.45, 2.75) is 38.5 Å². The van der Waals surface area contributed by atoms with Crippen LogP contribution in [0.3, 0.4) is 0 Å². The third kappa shape index (κ3) is 3.42. The second-order valence-corrected chi connectivity index (χ2v) is 7.47. The molecule has 0 aromatic heterocycles. The number of rotatable bonds is 3. The Hall–Kier alpha value is -0.620. The van der Waals surface area contributed by atoms with Crippen LogP contribution in [0.25, 0.3) is 0 Å². The van der Waals surface area contributed by atoms with Crippen molar-refractivity contribution in [3.8, 4) is 5.75 Å². The number of fused-ring (bicyclic) bond motifs is 1. The van der Waals surface area contributed by atoms with Crippen LogP contribution in [0.5, 0.6) is 5.75 Å². The fourth-order valence-corrected chi connectivity index (χ4v) is 3.92. The molecule has 2 aliphatic rings. The molecule has 0 spiro atoms. The molecule has 2 heterocycles. The number of halogens is 1. The van der Waals surface area contributed by atoms with E-state index in [4.69, 9.17) is 15.2 Å². The summed E-state index contributed by atoms with van der Waals surface area (Å²) in [6.07, 6.45) is 1.11. The van der Waals surface area contributed by atoms with Crippen molar-refractivity contribution in [3.63, 3.8) is 0 Å². The van der Waals surface area contributed by atoms with E-state index in [-0.39, 0.29) is 11.7 Å². The van der Waals surface area contributed by atoms with E-state index < -0.39 is 0 Å². The predicted octanol–water partition coefficient (Wildman–Crippen LogP) is 2.32. The zero-order valence-corrected chi connectivity index (χ0v) is 14.3. The first kappa shape index (κ1) is 15.3. The molecule has 5 heteroatoms. The minimum Gasteiger partial charge on any atom is -0.493 e. The van der Waals surface area contributed by atoms with E-state index in [2.05, 4.69) is 46.8 Å². The summed E-state index contributed by atoms with van der Waals surface area (Å²) in [5.41, 5.74) is 8.22. The van der Waals surface area contributed by atoms with Crippen molar-refractivity contribution in [3.05, 3.63) is 27.7 Å². The zero-order valence-electron chi connectivity index (χ0n) is 12.7. The highest BCUT2D eigenvalue weighted by Crippen LogP contribution is 2.34. The van der Waals surface area contributed by atoms with Crippen LogP contribution < -0.4 is 10.5 Å². The van der Waals surface area contributed by atoms with Crippen LogP contribution in [-0.2, 0) is 17.7 Å². The summed E-state index contributed by atoms with van der Waals surface area (Å²) in [6, 6.07) is 4.34. The van der Waals surface area contributed by atoms with Crippen LogP contribution in [0, 0.1) is 0 Å². The van der Waals surface area contributed by atoms with Gasteiger partial charge in [0, 0.05) is 42.6 Å². The van der Waals surface area contributed by atoms with E-state index in [1.807, 2.05) is 0 Å². The summed E-state index contributed by atoms with van der Waals surface area (Å²) in [4.78, 5) is 2.42. The minimum atomic E-state index is -0.154. The van der Waals surface area contributed by atoms with E-state index >= 15 is 0 Å². The Balaban J connectivity index is 1.80. The molecule has 0 bridgehead atoms. The molecule has 0 amide bonds. The smallest absolute Gasteiger partial charge is 0.127 e. The lowest BCUT2D eigenvalue weighted by molar-refractivity contribution is -0.134. The SMILES string of the molecule is CC1(C)CN(Cc2cc(Br)cc3c2OCC3)CC(CN)O1. The molecule has 1 fully saturated rings. The van der Waals surface area contributed by atoms with Gasteiger partial charge in [-0.05, 0) is 31.5 Å². The molecule has 1 saturated heterocycles. The van der Waals surface area contributed by atoms with E-state index in [1.165, 1.54) is 11.1 Å². The number of nitrogens with two attached hydrogens (primary N) is 1. The summed E-state index contributed by atoms with van der Waals surface area (Å²) in [5, 5.41) is 0. The predicted molar refractivity (Wildman–Crippen MR) is 86.6 cm³/mol. The molecule has 2 aliphatic heterocycles. The number of hydrogen-bond acceptors (Lipinski definition) is 4. The minimum absolute atomic E-state index is 0.106. The molecule has 0 saturated carbocycles. The molecule has 21 heavy (non-hydrogen) atoms. The van der Waals surface area contributed by atoms with Crippen LogP contribution in [0.4, 0.5) is 0 Å². The standard InChI is InChI=1S/C16H23BrN2O2/c1-16(2)10-19(9-14(7-18)21-16)8-12-6-13(17)5-11-3-4-20-15(11)12/h5-6,14H,3-4,7-10,18H2,1-2H3. The summed E-state index contributed by atoms with van der Waals surface area (Å²) in [7, 11) is 0. The largest absolute Gasteiger partial charge is 0.493 e. The average molecular weight is 355 g/mol. The highest BCUT2D eigenvalue weighted by Gasteiger charge is 2.33. The quantitative estimate of drug-likeness (QED) is 0.904. The van der Waals surface area contributed by atoms with Gasteiger partial charge in [0.15, 0.2) is 0 Å².